The van der Waals surface area contributed by atoms with Crippen LogP contribution < -0.4 is 0 Å². The van der Waals surface area contributed by atoms with Gasteiger partial charge >= 0.3 is 0 Å². The van der Waals surface area contributed by atoms with Gasteiger partial charge in [-0.1, -0.05) is 25.5 Å². The predicted molar refractivity (Wildman–Crippen MR) is 37.5 cm³/mol. The van der Waals surface area contributed by atoms with Gasteiger partial charge in [0.05, 0.1) is 0 Å². The summed E-state index contributed by atoms with van der Waals surface area (Å²) < 4.78 is 0. The van der Waals surface area contributed by atoms with Crippen molar-refractivity contribution in [1.29, 1.82) is 0 Å². The van der Waals surface area contributed by atoms with Crippen LogP contribution in [0, 0.1) is 12.3 Å². The maximum Gasteiger partial charge on any atom is 0.0267 e. The Balaban J connectivity index is 2.98. The third-order valence-electron chi connectivity index (χ3n) is 0.858. The summed E-state index contributed by atoms with van der Waals surface area (Å²) in [5, 5.41) is 0. The van der Waals surface area contributed by atoms with Gasteiger partial charge in [-0.3, -0.25) is 0 Å². The van der Waals surface area contributed by atoms with Crippen molar-refractivity contribution in [3.05, 3.63) is 12.2 Å². The third-order valence-corrected chi connectivity index (χ3v) is 0.858. The van der Waals surface area contributed by atoms with Gasteiger partial charge in [0.2, 0.25) is 0 Å². The maximum absolute atomic E-state index is 5.01. The fourth-order valence-electron chi connectivity index (χ4n) is 0.436. The lowest BCUT2D eigenvalue weighted by Crippen LogP contribution is -1.60. The number of allylic oxidation sites excluding steroid dienone is 2. The standard InChI is InChI=1S/C8H12/c1-3-5-7-8-6-4-2/h1,7-8H,4-6H2,2H3. The monoisotopic (exact) mass is 108 g/mol. The summed E-state index contributed by atoms with van der Waals surface area (Å²) in [5.41, 5.74) is 0. The van der Waals surface area contributed by atoms with Gasteiger partial charge in [-0.05, 0) is 6.42 Å². The zero-order valence-corrected chi connectivity index (χ0v) is 5.35. The minimum Gasteiger partial charge on any atom is -0.120 e. The van der Waals surface area contributed by atoms with Crippen molar-refractivity contribution in [2.24, 2.45) is 0 Å². The molecule has 44 valence electrons. The number of unbranched alkanes of at least 4 members (excludes halogenated alkanes) is 1. The van der Waals surface area contributed by atoms with Crippen molar-refractivity contribution >= 4 is 0 Å². The number of terminal acetylenes is 1. The van der Waals surface area contributed by atoms with Crippen LogP contribution in [-0.2, 0) is 0 Å². The van der Waals surface area contributed by atoms with Crippen LogP contribution in [0.1, 0.15) is 26.2 Å². The lowest BCUT2D eigenvalue weighted by Gasteiger charge is -1.79. The van der Waals surface area contributed by atoms with E-state index in [-0.39, 0.29) is 0 Å². The number of hydrogen-bond acceptors (Lipinski definition) is 0. The van der Waals surface area contributed by atoms with E-state index in [0.717, 1.165) is 12.8 Å². The zero-order chi connectivity index (χ0) is 6.24. The van der Waals surface area contributed by atoms with Crippen LogP contribution in [0.2, 0.25) is 0 Å². The minimum atomic E-state index is 0.778. The molecule has 0 bridgehead atoms. The molecule has 0 rings (SSSR count). The minimum absolute atomic E-state index is 0.778. The molecule has 8 heavy (non-hydrogen) atoms. The molecule has 0 unspecified atom stereocenters. The van der Waals surface area contributed by atoms with E-state index >= 15 is 0 Å². The van der Waals surface area contributed by atoms with Crippen LogP contribution >= 0.6 is 0 Å². The molecule has 0 heterocycles. The van der Waals surface area contributed by atoms with Gasteiger partial charge in [0.25, 0.3) is 0 Å². The van der Waals surface area contributed by atoms with Crippen molar-refractivity contribution in [1.82, 2.24) is 0 Å². The first kappa shape index (κ1) is 7.30. The van der Waals surface area contributed by atoms with Crippen LogP contribution in [-0.4, -0.2) is 0 Å². The van der Waals surface area contributed by atoms with Crippen molar-refractivity contribution in [3.63, 3.8) is 0 Å². The van der Waals surface area contributed by atoms with Crippen LogP contribution in [0.5, 0.6) is 0 Å². The maximum atomic E-state index is 5.01. The van der Waals surface area contributed by atoms with Crippen LogP contribution in [0.3, 0.4) is 0 Å². The average molecular weight is 108 g/mol. The average Bonchev–Trinajstić information content (AvgIpc) is 1.81. The molecule has 0 saturated heterocycles. The summed E-state index contributed by atoms with van der Waals surface area (Å²) in [4.78, 5) is 0. The van der Waals surface area contributed by atoms with Crippen LogP contribution in [0.25, 0.3) is 0 Å². The van der Waals surface area contributed by atoms with Crippen molar-refractivity contribution in [2.75, 3.05) is 0 Å². The summed E-state index contributed by atoms with van der Waals surface area (Å²) >= 11 is 0. The first-order valence-corrected chi connectivity index (χ1v) is 3.00. The predicted octanol–water partition coefficient (Wildman–Crippen LogP) is 2.37. The summed E-state index contributed by atoms with van der Waals surface area (Å²) in [7, 11) is 0. The molecule has 0 saturated carbocycles. The zero-order valence-electron chi connectivity index (χ0n) is 5.35. The van der Waals surface area contributed by atoms with Gasteiger partial charge in [-0.15, -0.1) is 12.3 Å². The van der Waals surface area contributed by atoms with E-state index in [9.17, 15) is 0 Å². The highest BCUT2D eigenvalue weighted by atomic mass is 13.8. The van der Waals surface area contributed by atoms with Crippen LogP contribution in [0.15, 0.2) is 12.2 Å². The van der Waals surface area contributed by atoms with Gasteiger partial charge in [0.1, 0.15) is 0 Å². The third kappa shape index (κ3) is 5.30. The Morgan fingerprint density at radius 1 is 1.50 bits per heavy atom. The molecule has 0 aliphatic heterocycles. The largest absolute Gasteiger partial charge is 0.120 e. The van der Waals surface area contributed by atoms with E-state index in [2.05, 4.69) is 18.9 Å². The van der Waals surface area contributed by atoms with E-state index < -0.39 is 0 Å². The second-order valence-electron chi connectivity index (χ2n) is 1.67. The highest BCUT2D eigenvalue weighted by Crippen LogP contribution is 1.88. The molecule has 0 aromatic carbocycles. The Kier molecular flexibility index (Phi) is 5.75. The second kappa shape index (κ2) is 6.30. The quantitative estimate of drug-likeness (QED) is 0.384. The molecule has 0 heteroatoms. The Labute approximate surface area is 51.6 Å². The lowest BCUT2D eigenvalue weighted by molar-refractivity contribution is 0.955. The molecule has 0 nitrogen and oxygen atoms in total. The highest BCUT2D eigenvalue weighted by Gasteiger charge is 1.69. The Hall–Kier alpha value is -0.700. The van der Waals surface area contributed by atoms with Gasteiger partial charge in [-0.2, -0.15) is 0 Å². The van der Waals surface area contributed by atoms with E-state index in [0.29, 0.717) is 0 Å². The molecule has 0 aromatic heterocycles. The summed E-state index contributed by atoms with van der Waals surface area (Å²) in [6, 6.07) is 0. The molecule has 0 aliphatic rings. The SMILES string of the molecule is C#CCC=CCCC. The topological polar surface area (TPSA) is 0 Å². The highest BCUT2D eigenvalue weighted by molar-refractivity contribution is 4.95. The lowest BCUT2D eigenvalue weighted by atomic mass is 10.3. The molecule has 0 atom stereocenters. The van der Waals surface area contributed by atoms with Gasteiger partial charge < -0.3 is 0 Å². The van der Waals surface area contributed by atoms with Gasteiger partial charge in [0, 0.05) is 6.42 Å². The summed E-state index contributed by atoms with van der Waals surface area (Å²) in [6.45, 7) is 2.15. The van der Waals surface area contributed by atoms with Gasteiger partial charge in [-0.25, -0.2) is 0 Å². The van der Waals surface area contributed by atoms with E-state index in [1.807, 2.05) is 6.08 Å². The molecular formula is C8H12. The first-order chi connectivity index (χ1) is 3.91. The molecule has 0 radical (unpaired) electrons. The molecule has 0 fully saturated rings. The number of rotatable bonds is 3. The summed E-state index contributed by atoms with van der Waals surface area (Å²) in [5.74, 6) is 2.54. The van der Waals surface area contributed by atoms with E-state index in [4.69, 9.17) is 6.42 Å². The Morgan fingerprint density at radius 3 is 2.75 bits per heavy atom. The number of hydrogen-bond donors (Lipinski definition) is 0. The fourth-order valence-corrected chi connectivity index (χ4v) is 0.436. The Bertz CT molecular complexity index is 93.1. The molecule has 0 aliphatic carbocycles. The molecule has 0 N–H and O–H groups in total. The van der Waals surface area contributed by atoms with Crippen molar-refractivity contribution in [3.8, 4) is 12.3 Å². The van der Waals surface area contributed by atoms with Crippen molar-refractivity contribution in [2.45, 2.75) is 26.2 Å². The molecule has 0 aromatic rings. The normalized spacial score (nSPS) is 9.50. The van der Waals surface area contributed by atoms with E-state index in [1.54, 1.807) is 0 Å². The summed E-state index contributed by atoms with van der Waals surface area (Å²) in [6.07, 6.45) is 12.3. The first-order valence-electron chi connectivity index (χ1n) is 3.00. The smallest absolute Gasteiger partial charge is 0.0267 e. The molecule has 0 spiro atoms. The van der Waals surface area contributed by atoms with E-state index in [1.165, 1.54) is 6.42 Å². The van der Waals surface area contributed by atoms with Crippen LogP contribution in [0.4, 0.5) is 0 Å². The Morgan fingerprint density at radius 2 is 2.25 bits per heavy atom. The molecule has 0 amide bonds. The fraction of sp³-hybridized carbons (Fsp3) is 0.500. The van der Waals surface area contributed by atoms with Gasteiger partial charge in [0.15, 0.2) is 0 Å². The second-order valence-corrected chi connectivity index (χ2v) is 1.67. The molecular weight excluding hydrogens is 96.1 g/mol. The van der Waals surface area contributed by atoms with Crippen molar-refractivity contribution < 1.29 is 0 Å².